The normalized spacial score (nSPS) is 23.8. The van der Waals surface area contributed by atoms with Crippen molar-refractivity contribution in [2.24, 2.45) is 0 Å². The zero-order valence-corrected chi connectivity index (χ0v) is 13.9. The van der Waals surface area contributed by atoms with Crippen molar-refractivity contribution in [2.45, 2.75) is 50.4 Å². The highest BCUT2D eigenvalue weighted by atomic mass is 16.7. The first-order chi connectivity index (χ1) is 11.7. The van der Waals surface area contributed by atoms with Crippen molar-refractivity contribution in [3.05, 3.63) is 17.8 Å². The Morgan fingerprint density at radius 2 is 1.83 bits per heavy atom. The van der Waals surface area contributed by atoms with Crippen molar-refractivity contribution in [1.29, 1.82) is 0 Å². The molecule has 1 amide bonds. The summed E-state index contributed by atoms with van der Waals surface area (Å²) in [5.41, 5.74) is 0.399. The lowest BCUT2D eigenvalue weighted by molar-refractivity contribution is -0.181. The molecule has 0 bridgehead atoms. The van der Waals surface area contributed by atoms with E-state index in [0.717, 1.165) is 5.82 Å². The maximum absolute atomic E-state index is 12.6. The third-order valence-electron chi connectivity index (χ3n) is 5.22. The quantitative estimate of drug-likeness (QED) is 0.910. The van der Waals surface area contributed by atoms with E-state index in [2.05, 4.69) is 15.5 Å². The number of hydrogen-bond donors (Lipinski definition) is 1. The van der Waals surface area contributed by atoms with Crippen LogP contribution < -0.4 is 5.32 Å². The maximum atomic E-state index is 12.6. The summed E-state index contributed by atoms with van der Waals surface area (Å²) in [4.78, 5) is 14.4. The second-order valence-electron chi connectivity index (χ2n) is 6.83. The molecule has 3 heterocycles. The van der Waals surface area contributed by atoms with Crippen molar-refractivity contribution < 1.29 is 14.3 Å². The molecule has 24 heavy (non-hydrogen) atoms. The topological polar surface area (TPSA) is 76.6 Å². The molecule has 3 aliphatic rings. The summed E-state index contributed by atoms with van der Waals surface area (Å²) < 4.78 is 11.4. The van der Waals surface area contributed by atoms with Gasteiger partial charge in [0.25, 0.3) is 5.91 Å². The number of hydrogen-bond acceptors (Lipinski definition) is 6. The molecule has 7 heteroatoms. The molecule has 2 aliphatic heterocycles. The molecule has 130 valence electrons. The van der Waals surface area contributed by atoms with Gasteiger partial charge in [-0.25, -0.2) is 0 Å². The van der Waals surface area contributed by atoms with E-state index in [0.29, 0.717) is 50.9 Å². The van der Waals surface area contributed by atoms with Crippen LogP contribution in [0.25, 0.3) is 0 Å². The highest BCUT2D eigenvalue weighted by molar-refractivity contribution is 5.92. The van der Waals surface area contributed by atoms with Crippen molar-refractivity contribution in [1.82, 2.24) is 15.1 Å². The van der Waals surface area contributed by atoms with Gasteiger partial charge in [0.2, 0.25) is 0 Å². The van der Waals surface area contributed by atoms with Gasteiger partial charge in [0, 0.05) is 32.0 Å². The van der Waals surface area contributed by atoms with Crippen LogP contribution in [0.3, 0.4) is 0 Å². The number of likely N-dealkylation sites (tertiary alicyclic amines) is 1. The van der Waals surface area contributed by atoms with Crippen LogP contribution in [0.2, 0.25) is 0 Å². The first kappa shape index (κ1) is 15.8. The van der Waals surface area contributed by atoms with Crippen LogP contribution in [0, 0.1) is 0 Å². The number of amides is 1. The second-order valence-corrected chi connectivity index (χ2v) is 6.83. The van der Waals surface area contributed by atoms with E-state index in [1.165, 1.54) is 25.7 Å². The minimum absolute atomic E-state index is 0.0669. The first-order valence-corrected chi connectivity index (χ1v) is 8.92. The Bertz CT molecular complexity index is 570. The van der Waals surface area contributed by atoms with Crippen LogP contribution in [0.5, 0.6) is 0 Å². The van der Waals surface area contributed by atoms with Gasteiger partial charge < -0.3 is 19.7 Å². The largest absolute Gasteiger partial charge is 0.366 e. The molecular formula is C17H24N4O3. The third-order valence-corrected chi connectivity index (χ3v) is 5.22. The molecule has 0 atom stereocenters. The van der Waals surface area contributed by atoms with E-state index >= 15 is 0 Å². The lowest BCUT2D eigenvalue weighted by Gasteiger charge is -2.37. The van der Waals surface area contributed by atoms with Crippen LogP contribution in [0.15, 0.2) is 12.1 Å². The molecule has 2 saturated heterocycles. The van der Waals surface area contributed by atoms with Gasteiger partial charge in [-0.15, -0.1) is 10.2 Å². The molecule has 0 unspecified atom stereocenters. The summed E-state index contributed by atoms with van der Waals surface area (Å²) in [6, 6.07) is 4.11. The van der Waals surface area contributed by atoms with Crippen molar-refractivity contribution in [3.63, 3.8) is 0 Å². The van der Waals surface area contributed by atoms with Gasteiger partial charge in [-0.05, 0) is 25.0 Å². The summed E-state index contributed by atoms with van der Waals surface area (Å²) in [6.45, 7) is 2.55. The molecular weight excluding hydrogens is 308 g/mol. The first-order valence-electron chi connectivity index (χ1n) is 8.92. The fourth-order valence-electron chi connectivity index (χ4n) is 3.80. The van der Waals surface area contributed by atoms with Gasteiger partial charge in [-0.1, -0.05) is 12.8 Å². The van der Waals surface area contributed by atoms with Gasteiger partial charge in [0.1, 0.15) is 5.82 Å². The van der Waals surface area contributed by atoms with Crippen molar-refractivity contribution >= 4 is 11.7 Å². The van der Waals surface area contributed by atoms with Crippen LogP contribution in [-0.2, 0) is 9.47 Å². The predicted molar refractivity (Wildman–Crippen MR) is 87.7 cm³/mol. The Morgan fingerprint density at radius 3 is 2.46 bits per heavy atom. The second kappa shape index (κ2) is 6.64. The zero-order valence-electron chi connectivity index (χ0n) is 13.9. The van der Waals surface area contributed by atoms with E-state index in [4.69, 9.17) is 9.47 Å². The van der Waals surface area contributed by atoms with Crippen LogP contribution in [0.4, 0.5) is 5.82 Å². The number of piperidine rings is 1. The summed E-state index contributed by atoms with van der Waals surface area (Å²) >= 11 is 0. The predicted octanol–water partition coefficient (Wildman–Crippen LogP) is 1.81. The van der Waals surface area contributed by atoms with Gasteiger partial charge >= 0.3 is 0 Å². The Hall–Kier alpha value is -1.73. The number of ether oxygens (including phenoxy) is 2. The zero-order chi connectivity index (χ0) is 16.4. The standard InChI is InChI=1S/C17H24N4O3/c22-16(21-9-7-17(8-10-21)23-11-12-24-17)14-5-6-15(20-19-14)18-13-3-1-2-4-13/h5-6,13H,1-4,7-12H2,(H,18,20). The van der Waals surface area contributed by atoms with E-state index in [-0.39, 0.29) is 5.91 Å². The average molecular weight is 332 g/mol. The molecule has 4 rings (SSSR count). The summed E-state index contributed by atoms with van der Waals surface area (Å²) in [7, 11) is 0. The minimum atomic E-state index is -0.461. The molecule has 3 fully saturated rings. The van der Waals surface area contributed by atoms with Crippen molar-refractivity contribution in [3.8, 4) is 0 Å². The van der Waals surface area contributed by atoms with Gasteiger partial charge in [0.05, 0.1) is 13.2 Å². The Balaban J connectivity index is 1.34. The number of carbonyl (C=O) groups excluding carboxylic acids is 1. The SMILES string of the molecule is O=C(c1ccc(NC2CCCC2)nn1)N1CCC2(CC1)OCCO2. The van der Waals surface area contributed by atoms with E-state index in [1.807, 2.05) is 11.0 Å². The molecule has 1 aromatic rings. The summed E-state index contributed by atoms with van der Waals surface area (Å²) in [5, 5.41) is 11.7. The van der Waals surface area contributed by atoms with E-state index in [1.54, 1.807) is 6.07 Å². The van der Waals surface area contributed by atoms with Crippen LogP contribution in [0.1, 0.15) is 49.0 Å². The van der Waals surface area contributed by atoms with Crippen LogP contribution in [-0.4, -0.2) is 59.1 Å². The van der Waals surface area contributed by atoms with Gasteiger partial charge in [0.15, 0.2) is 11.5 Å². The molecule has 1 aliphatic carbocycles. The average Bonchev–Trinajstić information content (AvgIpc) is 3.28. The molecule has 7 nitrogen and oxygen atoms in total. The highest BCUT2D eigenvalue weighted by Crippen LogP contribution is 2.31. The molecule has 1 spiro atoms. The lowest BCUT2D eigenvalue weighted by atomic mass is 10.0. The number of nitrogens with one attached hydrogen (secondary N) is 1. The Labute approximate surface area is 141 Å². The molecule has 1 N–H and O–H groups in total. The minimum Gasteiger partial charge on any atom is -0.366 e. The monoisotopic (exact) mass is 332 g/mol. The smallest absolute Gasteiger partial charge is 0.274 e. The number of rotatable bonds is 3. The van der Waals surface area contributed by atoms with E-state index in [9.17, 15) is 4.79 Å². The molecule has 1 saturated carbocycles. The van der Waals surface area contributed by atoms with Crippen LogP contribution >= 0.6 is 0 Å². The fourth-order valence-corrected chi connectivity index (χ4v) is 3.80. The number of carbonyl (C=O) groups is 1. The van der Waals surface area contributed by atoms with Gasteiger partial charge in [-0.2, -0.15) is 0 Å². The summed E-state index contributed by atoms with van der Waals surface area (Å²) in [5.74, 6) is 0.226. The summed E-state index contributed by atoms with van der Waals surface area (Å²) in [6.07, 6.45) is 6.34. The third kappa shape index (κ3) is 3.23. The molecule has 0 radical (unpaired) electrons. The Kier molecular flexibility index (Phi) is 4.37. The molecule has 0 aromatic carbocycles. The fraction of sp³-hybridized carbons (Fsp3) is 0.706. The highest BCUT2D eigenvalue weighted by Gasteiger charge is 2.41. The van der Waals surface area contributed by atoms with Crippen molar-refractivity contribution in [2.75, 3.05) is 31.6 Å². The lowest BCUT2D eigenvalue weighted by Crippen LogP contribution is -2.47. The number of aromatic nitrogens is 2. The number of nitrogens with zero attached hydrogens (tertiary/aromatic N) is 3. The number of anilines is 1. The molecule has 1 aromatic heterocycles. The maximum Gasteiger partial charge on any atom is 0.274 e. The van der Waals surface area contributed by atoms with E-state index < -0.39 is 5.79 Å². The Morgan fingerprint density at radius 1 is 1.12 bits per heavy atom. The van der Waals surface area contributed by atoms with Gasteiger partial charge in [-0.3, -0.25) is 4.79 Å².